The number of amides is 1. The molecule has 2 rings (SSSR count). The highest BCUT2D eigenvalue weighted by molar-refractivity contribution is 5.75. The minimum absolute atomic E-state index is 0.120. The molecule has 2 aliphatic rings. The van der Waals surface area contributed by atoms with E-state index in [2.05, 4.69) is 17.6 Å². The van der Waals surface area contributed by atoms with Gasteiger partial charge in [-0.3, -0.25) is 4.79 Å². The molecule has 2 fully saturated rings. The normalized spacial score (nSPS) is 32.9. The van der Waals surface area contributed by atoms with Crippen molar-refractivity contribution < 1.29 is 9.53 Å². The van der Waals surface area contributed by atoms with Gasteiger partial charge < -0.3 is 15.4 Å². The first-order valence-corrected chi connectivity index (χ1v) is 6.79. The molecule has 0 radical (unpaired) electrons. The summed E-state index contributed by atoms with van der Waals surface area (Å²) in [6.45, 7) is 5.77. The maximum atomic E-state index is 11.7. The van der Waals surface area contributed by atoms with Crippen molar-refractivity contribution >= 4 is 5.91 Å². The van der Waals surface area contributed by atoms with E-state index in [9.17, 15) is 4.79 Å². The highest BCUT2D eigenvalue weighted by Crippen LogP contribution is 2.24. The maximum absolute atomic E-state index is 11.7. The van der Waals surface area contributed by atoms with Crippen LogP contribution in [0.1, 0.15) is 39.0 Å². The van der Waals surface area contributed by atoms with Crippen molar-refractivity contribution in [2.24, 2.45) is 5.92 Å². The van der Waals surface area contributed by atoms with Crippen molar-refractivity contribution in [2.75, 3.05) is 26.2 Å². The van der Waals surface area contributed by atoms with E-state index in [0.29, 0.717) is 18.9 Å². The molecule has 0 aromatic rings. The van der Waals surface area contributed by atoms with E-state index in [1.807, 2.05) is 0 Å². The van der Waals surface area contributed by atoms with E-state index in [-0.39, 0.29) is 11.5 Å². The Bertz CT molecular complexity index is 256. The van der Waals surface area contributed by atoms with Gasteiger partial charge in [0.2, 0.25) is 5.91 Å². The molecule has 0 bridgehead atoms. The Balaban J connectivity index is 1.60. The predicted octanol–water partition coefficient (Wildman–Crippen LogP) is 1.06. The Hall–Kier alpha value is -0.610. The Morgan fingerprint density at radius 3 is 3.12 bits per heavy atom. The zero-order chi connectivity index (χ0) is 12.1. The van der Waals surface area contributed by atoms with Crippen LogP contribution in [0, 0.1) is 5.92 Å². The molecule has 0 aromatic heterocycles. The van der Waals surface area contributed by atoms with Crippen LogP contribution in [0.4, 0.5) is 0 Å². The zero-order valence-electron chi connectivity index (χ0n) is 10.8. The number of rotatable bonds is 5. The highest BCUT2D eigenvalue weighted by Gasteiger charge is 2.30. The lowest BCUT2D eigenvalue weighted by Gasteiger charge is -2.23. The monoisotopic (exact) mass is 240 g/mol. The van der Waals surface area contributed by atoms with Gasteiger partial charge in [0.05, 0.1) is 5.60 Å². The molecular formula is C13H24N2O2. The van der Waals surface area contributed by atoms with Gasteiger partial charge in [-0.1, -0.05) is 0 Å². The molecule has 1 amide bonds. The number of carbonyl (C=O) groups is 1. The summed E-state index contributed by atoms with van der Waals surface area (Å²) in [6.07, 6.45) is 5.05. The second-order valence-corrected chi connectivity index (χ2v) is 5.58. The van der Waals surface area contributed by atoms with E-state index in [1.165, 1.54) is 6.42 Å². The number of hydrogen-bond donors (Lipinski definition) is 2. The lowest BCUT2D eigenvalue weighted by molar-refractivity contribution is -0.122. The van der Waals surface area contributed by atoms with Crippen LogP contribution in [0.2, 0.25) is 0 Å². The third-order valence-corrected chi connectivity index (χ3v) is 3.90. The van der Waals surface area contributed by atoms with E-state index < -0.39 is 0 Å². The first-order valence-electron chi connectivity index (χ1n) is 6.79. The minimum Gasteiger partial charge on any atom is -0.373 e. The highest BCUT2D eigenvalue weighted by atomic mass is 16.5. The molecule has 0 saturated carbocycles. The predicted molar refractivity (Wildman–Crippen MR) is 66.8 cm³/mol. The summed E-state index contributed by atoms with van der Waals surface area (Å²) in [5, 5.41) is 6.33. The summed E-state index contributed by atoms with van der Waals surface area (Å²) in [5.74, 6) is 0.868. The average Bonchev–Trinajstić information content (AvgIpc) is 2.95. The van der Waals surface area contributed by atoms with Gasteiger partial charge in [0.1, 0.15) is 0 Å². The first kappa shape index (κ1) is 12.8. The average molecular weight is 240 g/mol. The van der Waals surface area contributed by atoms with Crippen LogP contribution >= 0.6 is 0 Å². The number of carbonyl (C=O) groups excluding carboxylic acids is 1. The largest absolute Gasteiger partial charge is 0.373 e. The van der Waals surface area contributed by atoms with E-state index in [0.717, 1.165) is 39.0 Å². The van der Waals surface area contributed by atoms with Crippen LogP contribution in [0.5, 0.6) is 0 Å². The fraction of sp³-hybridized carbons (Fsp3) is 0.923. The Kier molecular flexibility index (Phi) is 4.40. The van der Waals surface area contributed by atoms with Gasteiger partial charge in [-0.2, -0.15) is 0 Å². The van der Waals surface area contributed by atoms with Crippen LogP contribution in [-0.4, -0.2) is 37.7 Å². The molecular weight excluding hydrogens is 216 g/mol. The van der Waals surface area contributed by atoms with Crippen LogP contribution in [-0.2, 0) is 9.53 Å². The summed E-state index contributed by atoms with van der Waals surface area (Å²) in [4.78, 5) is 11.7. The summed E-state index contributed by atoms with van der Waals surface area (Å²) in [6, 6.07) is 0. The van der Waals surface area contributed by atoms with Gasteiger partial charge in [-0.15, -0.1) is 0 Å². The van der Waals surface area contributed by atoms with Crippen molar-refractivity contribution in [1.82, 2.24) is 10.6 Å². The molecule has 98 valence electrons. The maximum Gasteiger partial charge on any atom is 0.220 e. The molecule has 0 spiro atoms. The van der Waals surface area contributed by atoms with Gasteiger partial charge in [0.15, 0.2) is 0 Å². The Morgan fingerprint density at radius 2 is 2.47 bits per heavy atom. The smallest absolute Gasteiger partial charge is 0.220 e. The van der Waals surface area contributed by atoms with Gasteiger partial charge in [0, 0.05) is 19.6 Å². The number of ether oxygens (including phenoxy) is 1. The van der Waals surface area contributed by atoms with Crippen LogP contribution in [0.3, 0.4) is 0 Å². The summed E-state index contributed by atoms with van der Waals surface area (Å²) in [5.41, 5.74) is -0.120. The van der Waals surface area contributed by atoms with Crippen molar-refractivity contribution in [3.63, 3.8) is 0 Å². The van der Waals surface area contributed by atoms with Crippen molar-refractivity contribution in [1.29, 1.82) is 0 Å². The molecule has 4 nitrogen and oxygen atoms in total. The standard InChI is InChI=1S/C13H24N2O2/c1-13(6-2-8-17-13)10-15-12(16)4-3-11-5-7-14-9-11/h11,14H,2-10H2,1H3,(H,15,16). The molecule has 2 aliphatic heterocycles. The number of nitrogens with one attached hydrogen (secondary N) is 2. The van der Waals surface area contributed by atoms with Crippen molar-refractivity contribution in [3.05, 3.63) is 0 Å². The topological polar surface area (TPSA) is 50.4 Å². The quantitative estimate of drug-likeness (QED) is 0.755. The fourth-order valence-corrected chi connectivity index (χ4v) is 2.65. The Labute approximate surface area is 103 Å². The summed E-state index contributed by atoms with van der Waals surface area (Å²) < 4.78 is 5.64. The molecule has 2 N–H and O–H groups in total. The van der Waals surface area contributed by atoms with E-state index >= 15 is 0 Å². The zero-order valence-corrected chi connectivity index (χ0v) is 10.8. The fourth-order valence-electron chi connectivity index (χ4n) is 2.65. The van der Waals surface area contributed by atoms with E-state index in [1.54, 1.807) is 0 Å². The van der Waals surface area contributed by atoms with Gasteiger partial charge in [0.25, 0.3) is 0 Å². The first-order chi connectivity index (χ1) is 8.18. The molecule has 17 heavy (non-hydrogen) atoms. The molecule has 0 aromatic carbocycles. The second-order valence-electron chi connectivity index (χ2n) is 5.58. The lowest BCUT2D eigenvalue weighted by Crippen LogP contribution is -2.40. The molecule has 2 atom stereocenters. The van der Waals surface area contributed by atoms with Gasteiger partial charge in [-0.25, -0.2) is 0 Å². The Morgan fingerprint density at radius 1 is 1.59 bits per heavy atom. The van der Waals surface area contributed by atoms with Crippen LogP contribution in [0.15, 0.2) is 0 Å². The summed E-state index contributed by atoms with van der Waals surface area (Å²) >= 11 is 0. The van der Waals surface area contributed by atoms with Crippen molar-refractivity contribution in [3.8, 4) is 0 Å². The third kappa shape index (κ3) is 3.96. The lowest BCUT2D eigenvalue weighted by atomic mass is 10.0. The van der Waals surface area contributed by atoms with Gasteiger partial charge >= 0.3 is 0 Å². The SMILES string of the molecule is CC1(CNC(=O)CCC2CCNC2)CCCO1. The molecule has 2 unspecified atom stereocenters. The second kappa shape index (κ2) is 5.83. The molecule has 2 heterocycles. The van der Waals surface area contributed by atoms with Crippen LogP contribution < -0.4 is 10.6 Å². The number of hydrogen-bond acceptors (Lipinski definition) is 3. The minimum atomic E-state index is -0.120. The third-order valence-electron chi connectivity index (χ3n) is 3.90. The van der Waals surface area contributed by atoms with Gasteiger partial charge in [-0.05, 0) is 51.6 Å². The molecule has 2 saturated heterocycles. The van der Waals surface area contributed by atoms with E-state index in [4.69, 9.17) is 4.74 Å². The summed E-state index contributed by atoms with van der Waals surface area (Å²) in [7, 11) is 0. The molecule has 0 aliphatic carbocycles. The van der Waals surface area contributed by atoms with Crippen molar-refractivity contribution in [2.45, 2.75) is 44.6 Å². The van der Waals surface area contributed by atoms with Crippen LogP contribution in [0.25, 0.3) is 0 Å². The molecule has 4 heteroatoms.